The summed E-state index contributed by atoms with van der Waals surface area (Å²) in [6, 6.07) is 4.88. The number of benzene rings is 1. The van der Waals surface area contributed by atoms with Crippen molar-refractivity contribution in [2.75, 3.05) is 13.6 Å². The minimum atomic E-state index is -0.113. The van der Waals surface area contributed by atoms with Gasteiger partial charge in [0, 0.05) is 36.6 Å². The maximum absolute atomic E-state index is 12.2. The lowest BCUT2D eigenvalue weighted by Crippen LogP contribution is -2.29. The Morgan fingerprint density at radius 3 is 2.84 bits per heavy atom. The quantitative estimate of drug-likeness (QED) is 0.860. The zero-order chi connectivity index (χ0) is 13.8. The highest BCUT2D eigenvalue weighted by Crippen LogP contribution is 2.22. The zero-order valence-electron chi connectivity index (χ0n) is 10.3. The summed E-state index contributed by atoms with van der Waals surface area (Å²) in [6.07, 6.45) is 2.50. The monoisotopic (exact) mass is 314 g/mol. The van der Waals surface area contributed by atoms with Gasteiger partial charge in [-0.2, -0.15) is 0 Å². The first kappa shape index (κ1) is 14.3. The van der Waals surface area contributed by atoms with Crippen LogP contribution in [0.3, 0.4) is 0 Å². The van der Waals surface area contributed by atoms with Gasteiger partial charge in [-0.25, -0.2) is 4.98 Å². The molecule has 0 bridgehead atoms. The fourth-order valence-electron chi connectivity index (χ4n) is 1.61. The molecule has 1 aromatic heterocycles. The van der Waals surface area contributed by atoms with Crippen LogP contribution in [0.25, 0.3) is 0 Å². The zero-order valence-corrected chi connectivity index (χ0v) is 12.6. The molecule has 19 heavy (non-hydrogen) atoms. The van der Waals surface area contributed by atoms with Crippen molar-refractivity contribution in [2.24, 2.45) is 0 Å². The third-order valence-electron chi connectivity index (χ3n) is 2.65. The summed E-state index contributed by atoms with van der Waals surface area (Å²) in [5.74, 6) is -0.113. The maximum atomic E-state index is 12.2. The summed E-state index contributed by atoms with van der Waals surface area (Å²) in [4.78, 5) is 18.0. The van der Waals surface area contributed by atoms with E-state index in [1.54, 1.807) is 47.7 Å². The molecule has 6 heteroatoms. The molecule has 0 saturated carbocycles. The summed E-state index contributed by atoms with van der Waals surface area (Å²) in [5.41, 5.74) is 0.465. The van der Waals surface area contributed by atoms with Crippen LogP contribution >= 0.6 is 34.5 Å². The fraction of sp³-hybridized carbons (Fsp3) is 0.231. The highest BCUT2D eigenvalue weighted by atomic mass is 35.5. The number of aromatic nitrogens is 1. The van der Waals surface area contributed by atoms with Gasteiger partial charge in [-0.15, -0.1) is 11.3 Å². The third-order valence-corrected chi connectivity index (χ3v) is 4.04. The minimum Gasteiger partial charge on any atom is -0.341 e. The van der Waals surface area contributed by atoms with Gasteiger partial charge in [-0.3, -0.25) is 4.79 Å². The molecule has 2 aromatic rings. The molecular formula is C13H12Cl2N2OS. The Morgan fingerprint density at radius 2 is 2.21 bits per heavy atom. The minimum absolute atomic E-state index is 0.113. The number of amides is 1. The van der Waals surface area contributed by atoms with E-state index in [0.29, 0.717) is 22.2 Å². The van der Waals surface area contributed by atoms with Crippen LogP contribution in [0, 0.1) is 0 Å². The normalized spacial score (nSPS) is 10.5. The molecule has 0 saturated heterocycles. The molecule has 0 spiro atoms. The molecule has 100 valence electrons. The summed E-state index contributed by atoms with van der Waals surface area (Å²) in [6.45, 7) is 0.602. The second-order valence-electron chi connectivity index (χ2n) is 4.03. The first-order valence-corrected chi connectivity index (χ1v) is 7.30. The summed E-state index contributed by atoms with van der Waals surface area (Å²) < 4.78 is 0. The van der Waals surface area contributed by atoms with Crippen LogP contribution < -0.4 is 0 Å². The smallest absolute Gasteiger partial charge is 0.255 e. The Labute approximate surface area is 125 Å². The second-order valence-corrected chi connectivity index (χ2v) is 5.85. The lowest BCUT2D eigenvalue weighted by Gasteiger charge is -2.17. The predicted octanol–water partition coefficient (Wildman–Crippen LogP) is 3.76. The number of carbonyl (C=O) groups excluding carboxylic acids is 1. The van der Waals surface area contributed by atoms with Crippen LogP contribution in [0.5, 0.6) is 0 Å². The Balaban J connectivity index is 2.02. The van der Waals surface area contributed by atoms with Gasteiger partial charge >= 0.3 is 0 Å². The Kier molecular flexibility index (Phi) is 4.80. The van der Waals surface area contributed by atoms with E-state index in [4.69, 9.17) is 23.2 Å². The van der Waals surface area contributed by atoms with E-state index >= 15 is 0 Å². The number of rotatable bonds is 4. The molecule has 0 aliphatic carbocycles. The molecule has 0 aliphatic rings. The lowest BCUT2D eigenvalue weighted by molar-refractivity contribution is 0.0797. The van der Waals surface area contributed by atoms with E-state index in [0.717, 1.165) is 11.4 Å². The molecule has 1 heterocycles. The molecule has 0 N–H and O–H groups in total. The average molecular weight is 315 g/mol. The van der Waals surface area contributed by atoms with E-state index < -0.39 is 0 Å². The topological polar surface area (TPSA) is 33.2 Å². The van der Waals surface area contributed by atoms with Crippen LogP contribution in [0.1, 0.15) is 15.4 Å². The van der Waals surface area contributed by atoms with Crippen molar-refractivity contribution in [3.63, 3.8) is 0 Å². The van der Waals surface area contributed by atoms with Crippen molar-refractivity contribution in [3.8, 4) is 0 Å². The van der Waals surface area contributed by atoms with E-state index in [1.807, 2.05) is 5.38 Å². The molecule has 1 aromatic carbocycles. The van der Waals surface area contributed by atoms with Crippen molar-refractivity contribution in [3.05, 3.63) is 50.4 Å². The molecule has 0 radical (unpaired) electrons. The van der Waals surface area contributed by atoms with Crippen LogP contribution in [-0.2, 0) is 6.42 Å². The van der Waals surface area contributed by atoms with Crippen LogP contribution in [-0.4, -0.2) is 29.4 Å². The SMILES string of the molecule is CN(CCc1nccs1)C(=O)c1ccc(Cl)cc1Cl. The fourth-order valence-corrected chi connectivity index (χ4v) is 2.71. The molecule has 3 nitrogen and oxygen atoms in total. The van der Waals surface area contributed by atoms with Gasteiger partial charge in [-0.1, -0.05) is 23.2 Å². The molecule has 1 amide bonds. The van der Waals surface area contributed by atoms with Crippen molar-refractivity contribution in [2.45, 2.75) is 6.42 Å². The number of thiazole rings is 1. The molecule has 0 fully saturated rings. The molecule has 0 unspecified atom stereocenters. The summed E-state index contributed by atoms with van der Waals surface area (Å²) in [7, 11) is 1.75. The first-order valence-electron chi connectivity index (χ1n) is 5.67. The average Bonchev–Trinajstić information content (AvgIpc) is 2.88. The number of hydrogen-bond donors (Lipinski definition) is 0. The van der Waals surface area contributed by atoms with Crippen LogP contribution in [0.2, 0.25) is 10.0 Å². The first-order chi connectivity index (χ1) is 9.08. The summed E-state index contributed by atoms with van der Waals surface area (Å²) >= 11 is 13.4. The third kappa shape index (κ3) is 3.69. The van der Waals surface area contributed by atoms with Crippen molar-refractivity contribution >= 4 is 40.4 Å². The number of carbonyl (C=O) groups is 1. The highest BCUT2D eigenvalue weighted by molar-refractivity contribution is 7.09. The number of hydrogen-bond acceptors (Lipinski definition) is 3. The standard InChI is InChI=1S/C13H12Cl2N2OS/c1-17(6-4-12-16-5-7-19-12)13(18)10-3-2-9(14)8-11(10)15/h2-3,5,7-8H,4,6H2,1H3. The lowest BCUT2D eigenvalue weighted by atomic mass is 10.2. The van der Waals surface area contributed by atoms with E-state index in [9.17, 15) is 4.79 Å². The van der Waals surface area contributed by atoms with Gasteiger partial charge in [0.05, 0.1) is 15.6 Å². The van der Waals surface area contributed by atoms with Crippen LogP contribution in [0.15, 0.2) is 29.8 Å². The van der Waals surface area contributed by atoms with Gasteiger partial charge in [0.1, 0.15) is 0 Å². The second kappa shape index (κ2) is 6.37. The predicted molar refractivity (Wildman–Crippen MR) is 79.2 cm³/mol. The van der Waals surface area contributed by atoms with Gasteiger partial charge < -0.3 is 4.90 Å². The van der Waals surface area contributed by atoms with Crippen molar-refractivity contribution in [1.82, 2.24) is 9.88 Å². The van der Waals surface area contributed by atoms with Crippen molar-refractivity contribution < 1.29 is 4.79 Å². The summed E-state index contributed by atoms with van der Waals surface area (Å²) in [5, 5.41) is 3.83. The molecule has 0 atom stereocenters. The van der Waals surface area contributed by atoms with E-state index in [-0.39, 0.29) is 5.91 Å². The van der Waals surface area contributed by atoms with Crippen LogP contribution in [0.4, 0.5) is 0 Å². The van der Waals surface area contributed by atoms with E-state index in [2.05, 4.69) is 4.98 Å². The van der Waals surface area contributed by atoms with Gasteiger partial charge in [-0.05, 0) is 18.2 Å². The Bertz CT molecular complexity index is 572. The number of nitrogens with zero attached hydrogens (tertiary/aromatic N) is 2. The number of halogens is 2. The Morgan fingerprint density at radius 1 is 1.42 bits per heavy atom. The molecule has 0 aliphatic heterocycles. The Hall–Kier alpha value is -1.10. The highest BCUT2D eigenvalue weighted by Gasteiger charge is 2.15. The van der Waals surface area contributed by atoms with Gasteiger partial charge in [0.2, 0.25) is 0 Å². The maximum Gasteiger partial charge on any atom is 0.255 e. The van der Waals surface area contributed by atoms with Gasteiger partial charge in [0.15, 0.2) is 0 Å². The number of likely N-dealkylation sites (N-methyl/N-ethyl adjacent to an activating group) is 1. The van der Waals surface area contributed by atoms with E-state index in [1.165, 1.54) is 0 Å². The molecule has 2 rings (SSSR count). The van der Waals surface area contributed by atoms with Gasteiger partial charge in [0.25, 0.3) is 5.91 Å². The van der Waals surface area contributed by atoms with Crippen molar-refractivity contribution in [1.29, 1.82) is 0 Å². The largest absolute Gasteiger partial charge is 0.341 e. The molecular weight excluding hydrogens is 303 g/mol.